The van der Waals surface area contributed by atoms with Crippen molar-refractivity contribution in [3.63, 3.8) is 0 Å². The van der Waals surface area contributed by atoms with E-state index in [1.165, 1.54) is 0 Å². The van der Waals surface area contributed by atoms with Crippen LogP contribution in [-0.2, 0) is 4.79 Å². The Balaban J connectivity index is 3.99. The molecule has 5 nitrogen and oxygen atoms in total. The molecule has 1 amide bonds. The Kier molecular flexibility index (Phi) is 6.47. The molecule has 4 N–H and O–H groups in total. The van der Waals surface area contributed by atoms with Crippen molar-refractivity contribution < 1.29 is 20.1 Å². The van der Waals surface area contributed by atoms with Crippen LogP contribution in [0.2, 0.25) is 0 Å². The fourth-order valence-electron chi connectivity index (χ4n) is 0.987. The van der Waals surface area contributed by atoms with Gasteiger partial charge in [0.15, 0.2) is 6.10 Å². The van der Waals surface area contributed by atoms with Gasteiger partial charge in [-0.25, -0.2) is 0 Å². The summed E-state index contributed by atoms with van der Waals surface area (Å²) >= 11 is 0. The van der Waals surface area contributed by atoms with Crippen LogP contribution < -0.4 is 5.32 Å². The first-order chi connectivity index (χ1) is 6.90. The van der Waals surface area contributed by atoms with Gasteiger partial charge in [0.2, 0.25) is 0 Å². The number of aliphatic hydroxyl groups is 3. The molecule has 0 unspecified atom stereocenters. The molecule has 90 valence electrons. The fraction of sp³-hybridized carbons (Fsp3) is 0.900. The van der Waals surface area contributed by atoms with Gasteiger partial charge >= 0.3 is 0 Å². The smallest absolute Gasteiger partial charge is 0.251 e. The van der Waals surface area contributed by atoms with Gasteiger partial charge in [-0.15, -0.1) is 0 Å². The molecule has 0 aromatic heterocycles. The minimum absolute atomic E-state index is 0.0945. The first-order valence-electron chi connectivity index (χ1n) is 5.22. The maximum atomic E-state index is 11.3. The van der Waals surface area contributed by atoms with Crippen molar-refractivity contribution in [2.75, 3.05) is 6.54 Å². The van der Waals surface area contributed by atoms with Crippen molar-refractivity contribution in [1.82, 2.24) is 5.32 Å². The molecule has 0 aliphatic heterocycles. The second-order valence-corrected chi connectivity index (χ2v) is 3.99. The highest BCUT2D eigenvalue weighted by Crippen LogP contribution is 2.06. The molecule has 0 aromatic carbocycles. The molecule has 0 heterocycles. The number of nitrogens with one attached hydrogen (secondary N) is 1. The van der Waals surface area contributed by atoms with Crippen molar-refractivity contribution in [1.29, 1.82) is 0 Å². The zero-order valence-corrected chi connectivity index (χ0v) is 9.47. The van der Waals surface area contributed by atoms with Crippen LogP contribution in [-0.4, -0.2) is 46.1 Å². The number of hydrogen-bond acceptors (Lipinski definition) is 4. The molecule has 0 saturated carbocycles. The number of amides is 1. The molecule has 0 radical (unpaired) electrons. The summed E-state index contributed by atoms with van der Waals surface area (Å²) in [7, 11) is 0. The minimum atomic E-state index is -1.44. The zero-order chi connectivity index (χ0) is 12.0. The van der Waals surface area contributed by atoms with Gasteiger partial charge in [-0.05, 0) is 12.3 Å². The Labute approximate surface area is 90.1 Å². The van der Waals surface area contributed by atoms with Crippen molar-refractivity contribution in [3.05, 3.63) is 0 Å². The molecular formula is C10H21NO4. The Morgan fingerprint density at radius 2 is 1.80 bits per heavy atom. The summed E-state index contributed by atoms with van der Waals surface area (Å²) in [5, 5.41) is 30.4. The molecule has 0 rings (SSSR count). The standard InChI is InChI=1S/C10H21NO4/c1-4-7(12)5-11-10(15)9(14)8(13)6(2)3/h6-9,12-14H,4-5H2,1-3H3,(H,11,15)/t7-,8-,9+/m0/s1. The number of carbonyl (C=O) groups excluding carboxylic acids is 1. The van der Waals surface area contributed by atoms with E-state index in [0.717, 1.165) is 0 Å². The molecule has 5 heteroatoms. The van der Waals surface area contributed by atoms with E-state index in [4.69, 9.17) is 0 Å². The van der Waals surface area contributed by atoms with Gasteiger partial charge in [-0.3, -0.25) is 4.79 Å². The van der Waals surface area contributed by atoms with E-state index in [9.17, 15) is 20.1 Å². The molecular weight excluding hydrogens is 198 g/mol. The summed E-state index contributed by atoms with van der Waals surface area (Å²) in [5.74, 6) is -0.842. The average Bonchev–Trinajstić information content (AvgIpc) is 2.22. The normalized spacial score (nSPS) is 17.3. The number of rotatable bonds is 6. The predicted molar refractivity (Wildman–Crippen MR) is 56.2 cm³/mol. The lowest BCUT2D eigenvalue weighted by Crippen LogP contribution is -2.46. The molecule has 0 aromatic rings. The second-order valence-electron chi connectivity index (χ2n) is 3.99. The third-order valence-electron chi connectivity index (χ3n) is 2.26. The van der Waals surface area contributed by atoms with Crippen molar-refractivity contribution in [3.8, 4) is 0 Å². The maximum Gasteiger partial charge on any atom is 0.251 e. The summed E-state index contributed by atoms with van der Waals surface area (Å²) in [6, 6.07) is 0. The first kappa shape index (κ1) is 14.3. The van der Waals surface area contributed by atoms with Crippen molar-refractivity contribution >= 4 is 5.91 Å². The summed E-state index contributed by atoms with van der Waals surface area (Å²) in [6.07, 6.45) is -2.60. The Morgan fingerprint density at radius 3 is 2.20 bits per heavy atom. The SMILES string of the molecule is CC[C@H](O)CNC(=O)[C@H](O)[C@@H](O)C(C)C. The highest BCUT2D eigenvalue weighted by atomic mass is 16.3. The molecule has 15 heavy (non-hydrogen) atoms. The summed E-state index contributed by atoms with van der Waals surface area (Å²) in [4.78, 5) is 11.3. The molecule has 3 atom stereocenters. The number of carbonyl (C=O) groups is 1. The van der Waals surface area contributed by atoms with Gasteiger partial charge in [0, 0.05) is 6.54 Å². The number of hydrogen-bond donors (Lipinski definition) is 4. The molecule has 0 fully saturated rings. The van der Waals surface area contributed by atoms with E-state index in [2.05, 4.69) is 5.32 Å². The lowest BCUT2D eigenvalue weighted by molar-refractivity contribution is -0.137. The van der Waals surface area contributed by atoms with E-state index < -0.39 is 24.2 Å². The molecule has 0 aliphatic carbocycles. The summed E-state index contributed by atoms with van der Waals surface area (Å²) in [5.41, 5.74) is 0. The van der Waals surface area contributed by atoms with Crippen LogP contribution in [0.5, 0.6) is 0 Å². The van der Waals surface area contributed by atoms with Crippen molar-refractivity contribution in [2.45, 2.75) is 45.5 Å². The van der Waals surface area contributed by atoms with Gasteiger partial charge in [0.1, 0.15) is 0 Å². The van der Waals surface area contributed by atoms with Crippen LogP contribution in [0, 0.1) is 5.92 Å². The van der Waals surface area contributed by atoms with Crippen LogP contribution in [0.15, 0.2) is 0 Å². The zero-order valence-electron chi connectivity index (χ0n) is 9.47. The third-order valence-corrected chi connectivity index (χ3v) is 2.26. The van der Waals surface area contributed by atoms with E-state index in [0.29, 0.717) is 6.42 Å². The highest BCUT2D eigenvalue weighted by molar-refractivity contribution is 5.81. The van der Waals surface area contributed by atoms with Gasteiger partial charge in [-0.2, -0.15) is 0 Å². The van der Waals surface area contributed by atoms with Gasteiger partial charge in [0.25, 0.3) is 5.91 Å². The molecule has 0 bridgehead atoms. The van der Waals surface area contributed by atoms with Crippen LogP contribution in [0.1, 0.15) is 27.2 Å². The predicted octanol–water partition coefficient (Wildman–Crippen LogP) is -0.749. The lowest BCUT2D eigenvalue weighted by Gasteiger charge is -2.20. The van der Waals surface area contributed by atoms with Crippen molar-refractivity contribution in [2.24, 2.45) is 5.92 Å². The monoisotopic (exact) mass is 219 g/mol. The number of aliphatic hydroxyl groups excluding tert-OH is 3. The summed E-state index contributed by atoms with van der Waals surface area (Å²) in [6.45, 7) is 5.30. The maximum absolute atomic E-state index is 11.3. The van der Waals surface area contributed by atoms with E-state index in [1.54, 1.807) is 20.8 Å². The van der Waals surface area contributed by atoms with E-state index >= 15 is 0 Å². The summed E-state index contributed by atoms with van der Waals surface area (Å²) < 4.78 is 0. The Morgan fingerprint density at radius 1 is 1.27 bits per heavy atom. The Bertz CT molecular complexity index is 196. The second kappa shape index (κ2) is 6.76. The van der Waals surface area contributed by atoms with E-state index in [1.807, 2.05) is 0 Å². The highest BCUT2D eigenvalue weighted by Gasteiger charge is 2.26. The average molecular weight is 219 g/mol. The molecule has 0 saturated heterocycles. The van der Waals surface area contributed by atoms with Gasteiger partial charge < -0.3 is 20.6 Å². The van der Waals surface area contributed by atoms with Crippen LogP contribution in [0.25, 0.3) is 0 Å². The fourth-order valence-corrected chi connectivity index (χ4v) is 0.987. The lowest BCUT2D eigenvalue weighted by atomic mass is 10.0. The van der Waals surface area contributed by atoms with Crippen LogP contribution in [0.3, 0.4) is 0 Å². The van der Waals surface area contributed by atoms with Crippen LogP contribution in [0.4, 0.5) is 0 Å². The van der Waals surface area contributed by atoms with Gasteiger partial charge in [0.05, 0.1) is 12.2 Å². The quantitative estimate of drug-likeness (QED) is 0.473. The topological polar surface area (TPSA) is 89.8 Å². The largest absolute Gasteiger partial charge is 0.391 e. The van der Waals surface area contributed by atoms with E-state index in [-0.39, 0.29) is 12.5 Å². The molecule has 0 spiro atoms. The Hall–Kier alpha value is -0.650. The third kappa shape index (κ3) is 5.11. The van der Waals surface area contributed by atoms with Gasteiger partial charge in [-0.1, -0.05) is 20.8 Å². The first-order valence-corrected chi connectivity index (χ1v) is 5.22. The molecule has 0 aliphatic rings. The minimum Gasteiger partial charge on any atom is -0.391 e. The van der Waals surface area contributed by atoms with Crippen LogP contribution >= 0.6 is 0 Å².